The topological polar surface area (TPSA) is 0 Å². The van der Waals surface area contributed by atoms with Crippen LogP contribution in [0.3, 0.4) is 0 Å². The van der Waals surface area contributed by atoms with Crippen molar-refractivity contribution in [2.24, 2.45) is 0 Å². The summed E-state index contributed by atoms with van der Waals surface area (Å²) < 4.78 is 0. The molecule has 0 saturated heterocycles. The summed E-state index contributed by atoms with van der Waals surface area (Å²) >= 11 is 0. The Morgan fingerprint density at radius 2 is 0.692 bits per heavy atom. The number of rotatable bonds is 10. The second-order valence-electron chi connectivity index (χ2n) is 21.1. The van der Waals surface area contributed by atoms with Crippen LogP contribution in [0, 0.1) is 6.08 Å². The van der Waals surface area contributed by atoms with Crippen molar-refractivity contribution in [3.05, 3.63) is 218 Å². The molecule has 1 aliphatic rings. The molecular formula is C60H69Cl3SiTi. The standard InChI is InChI=1S/C60H69Si.3ClH.Ti/c1-42-41-60(13,44(3)43(42)2)61(54-35-23-32-51(57(4,5)6)48(54)38-45-26-17-14-18-27-45,55-36-24-33-52(58(7,8)9)49(55)39-46-28-19-15-20-29-46)56-37-25-34-53(59(10,11)12)50(56)40-47-30-21-16-22-31-47;;;;/h14-37H,38-40H2,1-13H3;3*1H;/q-1;;;;+4/p-3. The molecule has 0 spiro atoms. The third kappa shape index (κ3) is 10.8. The summed E-state index contributed by atoms with van der Waals surface area (Å²) in [7, 11) is -3.38. The summed E-state index contributed by atoms with van der Waals surface area (Å²) in [5, 5.41) is 4.11. The molecule has 5 heteroatoms. The summed E-state index contributed by atoms with van der Waals surface area (Å²) in [6.07, 6.45) is 7.00. The van der Waals surface area contributed by atoms with Gasteiger partial charge in [0.15, 0.2) is 0 Å². The second kappa shape index (κ2) is 21.7. The van der Waals surface area contributed by atoms with Gasteiger partial charge in [-0.15, -0.1) is 6.92 Å². The van der Waals surface area contributed by atoms with Crippen molar-refractivity contribution < 1.29 is 58.9 Å². The van der Waals surface area contributed by atoms with Crippen molar-refractivity contribution >= 4 is 23.6 Å². The van der Waals surface area contributed by atoms with Crippen LogP contribution in [0.5, 0.6) is 0 Å². The average molecular weight is 973 g/mol. The summed E-state index contributed by atoms with van der Waals surface area (Å²) in [6, 6.07) is 56.0. The van der Waals surface area contributed by atoms with Gasteiger partial charge in [-0.1, -0.05) is 234 Å². The van der Waals surface area contributed by atoms with E-state index in [1.165, 1.54) is 82.4 Å². The maximum Gasteiger partial charge on any atom is 4.00 e. The molecule has 0 heterocycles. The summed E-state index contributed by atoms with van der Waals surface area (Å²) in [4.78, 5) is 0. The smallest absolute Gasteiger partial charge is 1.00 e. The van der Waals surface area contributed by atoms with Crippen molar-refractivity contribution in [2.75, 3.05) is 0 Å². The molecule has 0 radical (unpaired) electrons. The first-order valence-corrected chi connectivity index (χ1v) is 24.6. The molecule has 0 aliphatic heterocycles. The van der Waals surface area contributed by atoms with Gasteiger partial charge < -0.3 is 37.2 Å². The van der Waals surface area contributed by atoms with E-state index in [1.807, 2.05) is 0 Å². The first-order chi connectivity index (χ1) is 28.8. The molecule has 6 aromatic carbocycles. The van der Waals surface area contributed by atoms with Gasteiger partial charge in [0.2, 0.25) is 0 Å². The van der Waals surface area contributed by atoms with Crippen LogP contribution in [0.1, 0.15) is 140 Å². The first-order valence-electron chi connectivity index (χ1n) is 22.6. The van der Waals surface area contributed by atoms with E-state index < -0.39 is 13.1 Å². The Balaban J connectivity index is 0.00000281. The molecule has 65 heavy (non-hydrogen) atoms. The zero-order chi connectivity index (χ0) is 44.0. The number of allylic oxidation sites excluding steroid dienone is 4. The van der Waals surface area contributed by atoms with Crippen molar-refractivity contribution in [1.82, 2.24) is 0 Å². The Morgan fingerprint density at radius 3 is 0.923 bits per heavy atom. The maximum absolute atomic E-state index is 4.42. The number of halogens is 3. The van der Waals surface area contributed by atoms with Crippen LogP contribution >= 0.6 is 0 Å². The largest absolute Gasteiger partial charge is 4.00 e. The molecule has 1 aliphatic carbocycles. The van der Waals surface area contributed by atoms with E-state index in [-0.39, 0.29) is 75.2 Å². The van der Waals surface area contributed by atoms with Gasteiger partial charge in [0.1, 0.15) is 8.07 Å². The zero-order valence-electron chi connectivity index (χ0n) is 41.1. The van der Waals surface area contributed by atoms with Gasteiger partial charge in [0.05, 0.1) is 0 Å². The summed E-state index contributed by atoms with van der Waals surface area (Å²) in [6.45, 7) is 31.4. The molecule has 0 amide bonds. The van der Waals surface area contributed by atoms with Crippen LogP contribution in [-0.4, -0.2) is 8.07 Å². The van der Waals surface area contributed by atoms with E-state index in [0.29, 0.717) is 0 Å². The van der Waals surface area contributed by atoms with Gasteiger partial charge >= 0.3 is 21.7 Å². The Hall–Kier alpha value is -3.40. The minimum Gasteiger partial charge on any atom is -1.00 e. The molecule has 338 valence electrons. The molecule has 0 aromatic heterocycles. The Kier molecular flexibility index (Phi) is 18.7. The predicted molar refractivity (Wildman–Crippen MR) is 267 cm³/mol. The van der Waals surface area contributed by atoms with Gasteiger partial charge in [0, 0.05) is 0 Å². The van der Waals surface area contributed by atoms with Crippen molar-refractivity contribution in [2.45, 2.75) is 131 Å². The third-order valence-electron chi connectivity index (χ3n) is 13.9. The summed E-state index contributed by atoms with van der Waals surface area (Å²) in [5.41, 5.74) is 16.6. The van der Waals surface area contributed by atoms with Gasteiger partial charge in [-0.05, 0) is 101 Å². The number of benzene rings is 6. The van der Waals surface area contributed by atoms with E-state index in [2.05, 4.69) is 242 Å². The van der Waals surface area contributed by atoms with E-state index >= 15 is 0 Å². The van der Waals surface area contributed by atoms with E-state index in [9.17, 15) is 0 Å². The molecule has 1 atom stereocenters. The zero-order valence-corrected chi connectivity index (χ0v) is 45.9. The first kappa shape index (κ1) is 55.9. The van der Waals surface area contributed by atoms with E-state index in [4.69, 9.17) is 0 Å². The van der Waals surface area contributed by atoms with E-state index in [1.54, 1.807) is 0 Å². The number of hydrogen-bond donors (Lipinski definition) is 0. The van der Waals surface area contributed by atoms with Crippen molar-refractivity contribution in [3.63, 3.8) is 0 Å². The van der Waals surface area contributed by atoms with Gasteiger partial charge in [-0.25, -0.2) is 5.57 Å². The van der Waals surface area contributed by atoms with Crippen molar-refractivity contribution in [3.8, 4) is 0 Å². The fourth-order valence-corrected chi connectivity index (χ4v) is 17.4. The molecule has 0 bridgehead atoms. The Labute approximate surface area is 428 Å². The van der Waals surface area contributed by atoms with Gasteiger partial charge in [0.25, 0.3) is 0 Å². The molecular weight excluding hydrogens is 903 g/mol. The van der Waals surface area contributed by atoms with Crippen LogP contribution in [0.15, 0.2) is 162 Å². The summed E-state index contributed by atoms with van der Waals surface area (Å²) in [5.74, 6) is 0. The van der Waals surface area contributed by atoms with Crippen molar-refractivity contribution in [1.29, 1.82) is 0 Å². The van der Waals surface area contributed by atoms with Gasteiger partial charge in [-0.2, -0.15) is 11.1 Å². The predicted octanol–water partition coefficient (Wildman–Crippen LogP) is 4.69. The van der Waals surface area contributed by atoms with E-state index in [0.717, 1.165) is 19.3 Å². The fraction of sp³-hybridized carbons (Fsp3) is 0.333. The average Bonchev–Trinajstić information content (AvgIpc) is 3.41. The monoisotopic (exact) mass is 970 g/mol. The molecule has 0 saturated carbocycles. The van der Waals surface area contributed by atoms with Crippen LogP contribution in [0.25, 0.3) is 0 Å². The Bertz CT molecular complexity index is 2340. The van der Waals surface area contributed by atoms with Gasteiger partial charge in [-0.3, -0.25) is 6.08 Å². The molecule has 0 nitrogen and oxygen atoms in total. The fourth-order valence-electron chi connectivity index (χ4n) is 10.7. The third-order valence-corrected chi connectivity index (χ3v) is 19.7. The Morgan fingerprint density at radius 1 is 0.415 bits per heavy atom. The molecule has 7 rings (SSSR count). The van der Waals surface area contributed by atoms with Crippen LogP contribution in [0.4, 0.5) is 0 Å². The second-order valence-corrected chi connectivity index (χ2v) is 25.2. The number of hydrogen-bond acceptors (Lipinski definition) is 0. The minimum absolute atomic E-state index is 0. The maximum atomic E-state index is 4.42. The molecule has 1 unspecified atom stereocenters. The van der Waals surface area contributed by atoms with Crippen LogP contribution in [-0.2, 0) is 57.2 Å². The SMILES string of the molecule is CC1=[C-]C(C)([Si](c2cccc(C(C)(C)C)c2Cc2ccccc2)(c2cccc(C(C)(C)C)c2Cc2ccccc2)c2cccc(C(C)(C)C)c2Cc2ccccc2)C(C)=C1C.[Cl-].[Cl-].[Cl-].[Ti+4]. The molecule has 0 N–H and O–H groups in total. The molecule has 6 aromatic rings. The molecule has 0 fully saturated rings. The normalized spacial score (nSPS) is 15.2. The van der Waals surface area contributed by atoms with Crippen LogP contribution in [0.2, 0.25) is 5.04 Å². The quantitative estimate of drug-likeness (QED) is 0.106. The van der Waals surface area contributed by atoms with Crippen LogP contribution < -0.4 is 52.8 Å². The minimum atomic E-state index is -3.38.